The number of alkyl halides is 3. The molecule has 0 aliphatic carbocycles. The number of carbonyl (C=O) groups is 2. The molecule has 3 N–H and O–H groups in total. The molecule has 0 radical (unpaired) electrons. The molecule has 0 unspecified atom stereocenters. The highest BCUT2D eigenvalue weighted by molar-refractivity contribution is 5.92. The van der Waals surface area contributed by atoms with Crippen molar-refractivity contribution in [1.29, 1.82) is 0 Å². The molecule has 1 aromatic heterocycles. The van der Waals surface area contributed by atoms with Crippen LogP contribution >= 0.6 is 0 Å². The molecule has 2 rings (SSSR count). The first-order chi connectivity index (χ1) is 11.3. The predicted molar refractivity (Wildman–Crippen MR) is 80.4 cm³/mol. The van der Waals surface area contributed by atoms with E-state index < -0.39 is 17.8 Å². The van der Waals surface area contributed by atoms with Crippen LogP contribution in [0.5, 0.6) is 0 Å². The lowest BCUT2D eigenvalue weighted by Crippen LogP contribution is -2.24. The maximum atomic E-state index is 12.4. The number of carbonyl (C=O) groups excluding carboxylic acids is 2. The number of amides is 3. The van der Waals surface area contributed by atoms with Crippen LogP contribution in [-0.4, -0.2) is 28.8 Å². The molecular formula is C14H14F3N5O2. The number of nitrogens with zero attached hydrogens (tertiary/aromatic N) is 2. The predicted octanol–water partition coefficient (Wildman–Crippen LogP) is 2.29. The maximum Gasteiger partial charge on any atom is 0.435 e. The smallest absolute Gasteiger partial charge is 0.341 e. The molecule has 0 spiro atoms. The SMILES string of the molecule is CNC(=O)Nc1ccc(NC(=O)Cn2ccc(C(F)(F)F)n2)cc1. The van der Waals surface area contributed by atoms with Gasteiger partial charge in [0, 0.05) is 24.6 Å². The highest BCUT2D eigenvalue weighted by Gasteiger charge is 2.33. The first-order valence-corrected chi connectivity index (χ1v) is 6.77. The van der Waals surface area contributed by atoms with Gasteiger partial charge in [0.05, 0.1) is 0 Å². The van der Waals surface area contributed by atoms with Crippen molar-refractivity contribution in [2.75, 3.05) is 17.7 Å². The Kier molecular flexibility index (Phi) is 5.07. The Hall–Kier alpha value is -3.04. The Balaban J connectivity index is 1.92. The number of aromatic nitrogens is 2. The van der Waals surface area contributed by atoms with Gasteiger partial charge in [-0.15, -0.1) is 0 Å². The van der Waals surface area contributed by atoms with E-state index in [2.05, 4.69) is 21.0 Å². The Morgan fingerprint density at radius 1 is 1.08 bits per heavy atom. The molecule has 0 fully saturated rings. The summed E-state index contributed by atoms with van der Waals surface area (Å²) in [4.78, 5) is 23.0. The van der Waals surface area contributed by atoms with E-state index >= 15 is 0 Å². The Labute approximate surface area is 134 Å². The van der Waals surface area contributed by atoms with Crippen LogP contribution < -0.4 is 16.0 Å². The van der Waals surface area contributed by atoms with Crippen molar-refractivity contribution < 1.29 is 22.8 Å². The third-order valence-electron chi connectivity index (χ3n) is 2.89. The van der Waals surface area contributed by atoms with E-state index in [9.17, 15) is 22.8 Å². The summed E-state index contributed by atoms with van der Waals surface area (Å²) >= 11 is 0. The summed E-state index contributed by atoms with van der Waals surface area (Å²) in [6.45, 7) is -0.353. The van der Waals surface area contributed by atoms with Crippen LogP contribution in [0.4, 0.5) is 29.3 Å². The minimum Gasteiger partial charge on any atom is -0.341 e. The topological polar surface area (TPSA) is 88.0 Å². The highest BCUT2D eigenvalue weighted by Crippen LogP contribution is 2.27. The number of halogens is 3. The molecule has 7 nitrogen and oxygen atoms in total. The van der Waals surface area contributed by atoms with Crippen LogP contribution in [0.1, 0.15) is 5.69 Å². The monoisotopic (exact) mass is 341 g/mol. The fraction of sp³-hybridized carbons (Fsp3) is 0.214. The third-order valence-corrected chi connectivity index (χ3v) is 2.89. The van der Waals surface area contributed by atoms with E-state index in [0.29, 0.717) is 11.4 Å². The summed E-state index contributed by atoms with van der Waals surface area (Å²) in [5, 5.41) is 10.8. The average molecular weight is 341 g/mol. The fourth-order valence-electron chi connectivity index (χ4n) is 1.78. The molecule has 0 saturated heterocycles. The van der Waals surface area contributed by atoms with E-state index in [-0.39, 0.29) is 12.6 Å². The van der Waals surface area contributed by atoms with E-state index in [0.717, 1.165) is 16.9 Å². The Bertz CT molecular complexity index is 725. The van der Waals surface area contributed by atoms with Crippen LogP contribution in [0.25, 0.3) is 0 Å². The molecule has 128 valence electrons. The quantitative estimate of drug-likeness (QED) is 0.797. The standard InChI is InChI=1S/C14H14F3N5O2/c1-18-13(24)20-10-4-2-9(3-5-10)19-12(23)8-22-7-6-11(21-22)14(15,16)17/h2-7H,8H2,1H3,(H,19,23)(H2,18,20,24). The average Bonchev–Trinajstić information content (AvgIpc) is 2.97. The molecule has 1 aromatic carbocycles. The van der Waals surface area contributed by atoms with Crippen molar-refractivity contribution in [2.24, 2.45) is 0 Å². The van der Waals surface area contributed by atoms with Crippen molar-refractivity contribution in [3.05, 3.63) is 42.2 Å². The molecule has 0 atom stereocenters. The summed E-state index contributed by atoms with van der Waals surface area (Å²) in [6, 6.07) is 6.65. The second kappa shape index (κ2) is 7.02. The third kappa shape index (κ3) is 4.73. The number of rotatable bonds is 4. The van der Waals surface area contributed by atoms with Gasteiger partial charge in [-0.3, -0.25) is 9.48 Å². The zero-order valence-electron chi connectivity index (χ0n) is 12.5. The van der Waals surface area contributed by atoms with Crippen molar-refractivity contribution in [1.82, 2.24) is 15.1 Å². The Morgan fingerprint density at radius 2 is 1.67 bits per heavy atom. The second-order valence-corrected chi connectivity index (χ2v) is 4.73. The van der Waals surface area contributed by atoms with Gasteiger partial charge in [0.25, 0.3) is 0 Å². The van der Waals surface area contributed by atoms with Gasteiger partial charge in [-0.05, 0) is 30.3 Å². The molecule has 0 bridgehead atoms. The van der Waals surface area contributed by atoms with E-state index in [1.165, 1.54) is 7.05 Å². The molecule has 10 heteroatoms. The van der Waals surface area contributed by atoms with Crippen LogP contribution in [-0.2, 0) is 17.5 Å². The molecule has 24 heavy (non-hydrogen) atoms. The van der Waals surface area contributed by atoms with Crippen LogP contribution in [0.3, 0.4) is 0 Å². The Morgan fingerprint density at radius 3 is 2.17 bits per heavy atom. The van der Waals surface area contributed by atoms with Gasteiger partial charge >= 0.3 is 12.2 Å². The van der Waals surface area contributed by atoms with Crippen molar-refractivity contribution in [3.8, 4) is 0 Å². The fourth-order valence-corrected chi connectivity index (χ4v) is 1.78. The summed E-state index contributed by atoms with van der Waals surface area (Å²) in [5.74, 6) is -0.529. The first-order valence-electron chi connectivity index (χ1n) is 6.77. The number of urea groups is 1. The first kappa shape index (κ1) is 17.3. The van der Waals surface area contributed by atoms with Gasteiger partial charge in [-0.2, -0.15) is 18.3 Å². The van der Waals surface area contributed by atoms with E-state index in [1.54, 1.807) is 24.3 Å². The molecule has 2 aromatic rings. The van der Waals surface area contributed by atoms with Gasteiger partial charge in [0.15, 0.2) is 5.69 Å². The van der Waals surface area contributed by atoms with Crippen molar-refractivity contribution in [3.63, 3.8) is 0 Å². The van der Waals surface area contributed by atoms with Crippen molar-refractivity contribution in [2.45, 2.75) is 12.7 Å². The zero-order chi connectivity index (χ0) is 17.7. The molecule has 0 aliphatic heterocycles. The summed E-state index contributed by atoms with van der Waals surface area (Å²) in [6.07, 6.45) is -3.46. The lowest BCUT2D eigenvalue weighted by atomic mass is 10.3. The lowest BCUT2D eigenvalue weighted by Gasteiger charge is -2.08. The van der Waals surface area contributed by atoms with E-state index in [1.807, 2.05) is 0 Å². The van der Waals surface area contributed by atoms with Gasteiger partial charge in [0.2, 0.25) is 5.91 Å². The minimum absolute atomic E-state index is 0.353. The molecule has 0 aliphatic rings. The van der Waals surface area contributed by atoms with E-state index in [4.69, 9.17) is 0 Å². The molecule has 1 heterocycles. The summed E-state index contributed by atoms with van der Waals surface area (Å²) in [5.41, 5.74) is -0.0974. The number of hydrogen-bond acceptors (Lipinski definition) is 3. The number of nitrogens with one attached hydrogen (secondary N) is 3. The number of benzene rings is 1. The number of anilines is 2. The van der Waals surface area contributed by atoms with Crippen molar-refractivity contribution >= 4 is 23.3 Å². The second-order valence-electron chi connectivity index (χ2n) is 4.73. The molecule has 3 amide bonds. The minimum atomic E-state index is -4.55. The molecular weight excluding hydrogens is 327 g/mol. The van der Waals surface area contributed by atoms with Gasteiger partial charge in [0.1, 0.15) is 6.54 Å². The zero-order valence-corrected chi connectivity index (χ0v) is 12.5. The van der Waals surface area contributed by atoms with Gasteiger partial charge in [-0.25, -0.2) is 4.79 Å². The normalized spacial score (nSPS) is 11.0. The highest BCUT2D eigenvalue weighted by atomic mass is 19.4. The summed E-state index contributed by atoms with van der Waals surface area (Å²) in [7, 11) is 1.48. The lowest BCUT2D eigenvalue weighted by molar-refractivity contribution is -0.141. The van der Waals surface area contributed by atoms with Gasteiger partial charge in [-0.1, -0.05) is 0 Å². The maximum absolute atomic E-state index is 12.4. The van der Waals surface area contributed by atoms with Gasteiger partial charge < -0.3 is 16.0 Å². The molecule has 0 saturated carbocycles. The van der Waals surface area contributed by atoms with Crippen LogP contribution in [0.15, 0.2) is 36.5 Å². The number of hydrogen-bond donors (Lipinski definition) is 3. The van der Waals surface area contributed by atoms with Crippen LogP contribution in [0.2, 0.25) is 0 Å². The van der Waals surface area contributed by atoms with Crippen LogP contribution in [0, 0.1) is 0 Å². The largest absolute Gasteiger partial charge is 0.435 e. The summed E-state index contributed by atoms with van der Waals surface area (Å²) < 4.78 is 38.2.